The minimum atomic E-state index is -1.85. The van der Waals surface area contributed by atoms with Gasteiger partial charge in [-0.2, -0.15) is 0 Å². The highest BCUT2D eigenvalue weighted by atomic mass is 28.4. The summed E-state index contributed by atoms with van der Waals surface area (Å²) in [6, 6.07) is 24.4. The van der Waals surface area contributed by atoms with E-state index in [0.717, 1.165) is 61.4 Å². The molecule has 5 rings (SSSR count). The number of aliphatic hydroxyl groups excluding tert-OH is 1. The van der Waals surface area contributed by atoms with Gasteiger partial charge in [-0.25, -0.2) is 0 Å². The number of ether oxygens (including phenoxy) is 2. The highest BCUT2D eigenvalue weighted by Gasteiger charge is 2.51. The molecule has 0 fully saturated rings. The van der Waals surface area contributed by atoms with Gasteiger partial charge in [-0.15, -0.1) is 0 Å². The van der Waals surface area contributed by atoms with Crippen LogP contribution in [0, 0.1) is 11.3 Å². The molecular weight excluding hydrogens is 549 g/mol. The topological polar surface area (TPSA) is 47.9 Å². The van der Waals surface area contributed by atoms with E-state index in [1.54, 1.807) is 0 Å². The van der Waals surface area contributed by atoms with E-state index in [1.807, 2.05) is 0 Å². The number of hydrogen-bond acceptors (Lipinski definition) is 4. The lowest BCUT2D eigenvalue weighted by molar-refractivity contribution is -0.0729. The number of hydrogen-bond donors (Lipinski definition) is 1. The van der Waals surface area contributed by atoms with Crippen LogP contribution in [0.25, 0.3) is 0 Å². The predicted molar refractivity (Wildman–Crippen MR) is 178 cm³/mol. The van der Waals surface area contributed by atoms with Crippen molar-refractivity contribution < 1.29 is 19.0 Å². The Bertz CT molecular complexity index is 1260. The Morgan fingerprint density at radius 1 is 0.814 bits per heavy atom. The van der Waals surface area contributed by atoms with Gasteiger partial charge in [0.1, 0.15) is 12.2 Å². The molecule has 2 aromatic rings. The van der Waals surface area contributed by atoms with Gasteiger partial charge in [0.15, 0.2) is 8.32 Å². The third kappa shape index (κ3) is 6.82. The summed E-state index contributed by atoms with van der Waals surface area (Å²) in [5.74, 6) is 0.365. The van der Waals surface area contributed by atoms with E-state index < -0.39 is 14.4 Å². The maximum absolute atomic E-state index is 11.5. The standard InChI is InChI=1S/C38H54O4Si/c1-7-43(8-2,9-3)42-34-24-30-23-32-31(21-16-22-33(32)39)36(40-25-28-17-12-10-13-18-28)37(35(27(34)4)38(30,5)6)41-26-29-19-14-11-15-20-29/h10-15,17-20,30,33-34,36-37,39H,7-9,16,21-26H2,1-6H3/t30-,33-,34+,36-,37-/m1/s1. The van der Waals surface area contributed by atoms with E-state index in [0.29, 0.717) is 19.1 Å². The van der Waals surface area contributed by atoms with Crippen molar-refractivity contribution in [3.8, 4) is 0 Å². The molecule has 0 heterocycles. The molecule has 1 N–H and O–H groups in total. The van der Waals surface area contributed by atoms with Gasteiger partial charge >= 0.3 is 0 Å². The fourth-order valence-electron chi connectivity index (χ4n) is 8.10. The molecule has 43 heavy (non-hydrogen) atoms. The third-order valence-electron chi connectivity index (χ3n) is 11.1. The molecule has 0 aliphatic heterocycles. The first kappa shape index (κ1) is 32.4. The molecule has 2 bridgehead atoms. The van der Waals surface area contributed by atoms with Crippen LogP contribution in [0.3, 0.4) is 0 Å². The second-order valence-corrected chi connectivity index (χ2v) is 18.4. The Hall–Kier alpha value is -2.02. The molecule has 3 aliphatic carbocycles. The summed E-state index contributed by atoms with van der Waals surface area (Å²) in [6.45, 7) is 15.1. The SMILES string of the molecule is CC[Si](CC)(CC)O[C@H]1C[C@H]2CC3=C(CCC[C@H]3O)[C@@H](OCc3ccccc3)[C@H](OCc3ccccc3)C(=C1C)C2(C)C. The van der Waals surface area contributed by atoms with E-state index >= 15 is 0 Å². The van der Waals surface area contributed by atoms with E-state index in [4.69, 9.17) is 13.9 Å². The molecule has 0 spiro atoms. The van der Waals surface area contributed by atoms with Crippen LogP contribution in [0.4, 0.5) is 0 Å². The van der Waals surface area contributed by atoms with Gasteiger partial charge < -0.3 is 19.0 Å². The largest absolute Gasteiger partial charge is 0.410 e. The molecule has 2 aromatic carbocycles. The first-order valence-corrected chi connectivity index (χ1v) is 19.4. The van der Waals surface area contributed by atoms with Crippen LogP contribution in [0.1, 0.15) is 84.8 Å². The lowest BCUT2D eigenvalue weighted by Gasteiger charge is -2.52. The Kier molecular flexibility index (Phi) is 10.5. The van der Waals surface area contributed by atoms with Crippen LogP contribution in [-0.2, 0) is 27.1 Å². The Labute approximate surface area is 261 Å². The highest BCUT2D eigenvalue weighted by Crippen LogP contribution is 2.55. The van der Waals surface area contributed by atoms with Crippen LogP contribution in [-0.4, -0.2) is 37.8 Å². The quantitative estimate of drug-likeness (QED) is 0.206. The van der Waals surface area contributed by atoms with Gasteiger partial charge in [-0.05, 0) is 102 Å². The van der Waals surface area contributed by atoms with Crippen molar-refractivity contribution >= 4 is 8.32 Å². The fourth-order valence-corrected chi connectivity index (χ4v) is 11.0. The average Bonchev–Trinajstić information content (AvgIpc) is 3.02. The van der Waals surface area contributed by atoms with E-state index in [9.17, 15) is 5.11 Å². The Balaban J connectivity index is 1.64. The molecule has 5 heteroatoms. The summed E-state index contributed by atoms with van der Waals surface area (Å²) < 4.78 is 21.4. The molecule has 0 saturated carbocycles. The minimum absolute atomic E-state index is 0.0834. The number of fused-ring (bicyclic) bond motifs is 2. The van der Waals surface area contributed by atoms with Crippen LogP contribution < -0.4 is 0 Å². The second-order valence-electron chi connectivity index (χ2n) is 13.7. The van der Waals surface area contributed by atoms with E-state index in [1.165, 1.54) is 22.3 Å². The van der Waals surface area contributed by atoms with Gasteiger partial charge in [-0.1, -0.05) is 95.3 Å². The van der Waals surface area contributed by atoms with Crippen molar-refractivity contribution in [3.63, 3.8) is 0 Å². The summed E-state index contributed by atoms with van der Waals surface area (Å²) in [5, 5.41) is 11.5. The summed E-state index contributed by atoms with van der Waals surface area (Å²) in [4.78, 5) is 0. The Morgan fingerprint density at radius 3 is 1.93 bits per heavy atom. The van der Waals surface area contributed by atoms with Crippen molar-refractivity contribution in [3.05, 3.63) is 94.1 Å². The minimum Gasteiger partial charge on any atom is -0.410 e. The van der Waals surface area contributed by atoms with Crippen molar-refractivity contribution in [1.82, 2.24) is 0 Å². The van der Waals surface area contributed by atoms with Crippen molar-refractivity contribution in [1.29, 1.82) is 0 Å². The molecule has 0 aromatic heterocycles. The molecule has 0 radical (unpaired) electrons. The van der Waals surface area contributed by atoms with Gasteiger partial charge in [0.2, 0.25) is 0 Å². The number of benzene rings is 2. The smallest absolute Gasteiger partial charge is 0.192 e. The van der Waals surface area contributed by atoms with E-state index in [2.05, 4.69) is 102 Å². The zero-order valence-corrected chi connectivity index (χ0v) is 28.4. The van der Waals surface area contributed by atoms with Crippen molar-refractivity contribution in [2.75, 3.05) is 0 Å². The van der Waals surface area contributed by atoms with Gasteiger partial charge in [0.05, 0.1) is 25.4 Å². The summed E-state index contributed by atoms with van der Waals surface area (Å²) in [5.41, 5.74) is 7.39. The zero-order chi connectivity index (χ0) is 30.6. The van der Waals surface area contributed by atoms with Gasteiger partial charge in [0.25, 0.3) is 0 Å². The normalized spacial score (nSPS) is 27.5. The van der Waals surface area contributed by atoms with E-state index in [-0.39, 0.29) is 23.7 Å². The lowest BCUT2D eigenvalue weighted by Crippen LogP contribution is -2.51. The second kappa shape index (κ2) is 14.0. The monoisotopic (exact) mass is 602 g/mol. The summed E-state index contributed by atoms with van der Waals surface area (Å²) in [7, 11) is -1.85. The first-order valence-electron chi connectivity index (χ1n) is 16.8. The molecule has 0 unspecified atom stereocenters. The highest BCUT2D eigenvalue weighted by molar-refractivity contribution is 6.73. The maximum Gasteiger partial charge on any atom is 0.192 e. The van der Waals surface area contributed by atoms with Gasteiger partial charge in [0, 0.05) is 0 Å². The fraction of sp³-hybridized carbons (Fsp3) is 0.579. The lowest BCUT2D eigenvalue weighted by atomic mass is 9.58. The van der Waals surface area contributed by atoms with Crippen LogP contribution in [0.5, 0.6) is 0 Å². The number of rotatable bonds is 11. The summed E-state index contributed by atoms with van der Waals surface area (Å²) in [6.07, 6.45) is 3.80. The first-order chi connectivity index (χ1) is 20.7. The molecule has 3 aliphatic rings. The molecule has 234 valence electrons. The molecular formula is C38H54O4Si. The van der Waals surface area contributed by atoms with Crippen LogP contribution in [0.15, 0.2) is 83.0 Å². The molecule has 4 nitrogen and oxygen atoms in total. The van der Waals surface area contributed by atoms with Crippen LogP contribution in [0.2, 0.25) is 18.1 Å². The predicted octanol–water partition coefficient (Wildman–Crippen LogP) is 9.16. The number of aliphatic hydroxyl groups is 1. The molecule has 0 amide bonds. The molecule has 5 atom stereocenters. The van der Waals surface area contributed by atoms with Crippen molar-refractivity contribution in [2.45, 2.75) is 129 Å². The van der Waals surface area contributed by atoms with Gasteiger partial charge in [-0.3, -0.25) is 0 Å². The summed E-state index contributed by atoms with van der Waals surface area (Å²) >= 11 is 0. The average molecular weight is 603 g/mol. The Morgan fingerprint density at radius 2 is 1.37 bits per heavy atom. The van der Waals surface area contributed by atoms with Crippen molar-refractivity contribution in [2.24, 2.45) is 11.3 Å². The van der Waals surface area contributed by atoms with Crippen LogP contribution >= 0.6 is 0 Å². The molecule has 0 saturated heterocycles. The zero-order valence-electron chi connectivity index (χ0n) is 27.4. The maximum atomic E-state index is 11.5. The third-order valence-corrected chi connectivity index (χ3v) is 15.7.